The number of ketones is 1. The second-order valence-electron chi connectivity index (χ2n) is 5.96. The summed E-state index contributed by atoms with van der Waals surface area (Å²) in [7, 11) is 0. The second kappa shape index (κ2) is 5.37. The number of hydrogen-bond acceptors (Lipinski definition) is 2. The smallest absolute Gasteiger partial charge is 0.169 e. The molecule has 0 spiro atoms. The summed E-state index contributed by atoms with van der Waals surface area (Å²) in [6.07, 6.45) is 1.34. The first-order valence-electron chi connectivity index (χ1n) is 6.59. The van der Waals surface area contributed by atoms with Crippen molar-refractivity contribution in [1.82, 2.24) is 4.90 Å². The molecule has 19 heavy (non-hydrogen) atoms. The number of hydrogen-bond donors (Lipinski definition) is 0. The average molecular weight is 267 g/mol. The van der Waals surface area contributed by atoms with Crippen LogP contribution in [0, 0.1) is 17.0 Å². The van der Waals surface area contributed by atoms with Crippen molar-refractivity contribution in [2.75, 3.05) is 19.6 Å². The van der Waals surface area contributed by atoms with Crippen LogP contribution in [0.15, 0.2) is 18.2 Å². The van der Waals surface area contributed by atoms with Crippen LogP contribution >= 0.6 is 0 Å². The Labute approximate surface area is 112 Å². The van der Waals surface area contributed by atoms with Crippen molar-refractivity contribution < 1.29 is 13.6 Å². The molecule has 4 heteroatoms. The third kappa shape index (κ3) is 3.38. The number of Topliss-reactive ketones (excluding diaryl/α,β-unsaturated/α-hetero) is 1. The minimum absolute atomic E-state index is 0.140. The van der Waals surface area contributed by atoms with E-state index in [0.29, 0.717) is 6.54 Å². The topological polar surface area (TPSA) is 20.3 Å². The molecule has 1 aliphatic rings. The number of rotatable bonds is 4. The molecule has 1 aliphatic heterocycles. The highest BCUT2D eigenvalue weighted by Gasteiger charge is 2.29. The number of benzene rings is 1. The van der Waals surface area contributed by atoms with Crippen LogP contribution in [0.2, 0.25) is 0 Å². The van der Waals surface area contributed by atoms with E-state index in [-0.39, 0.29) is 23.2 Å². The Balaban J connectivity index is 1.93. The quantitative estimate of drug-likeness (QED) is 0.780. The van der Waals surface area contributed by atoms with E-state index < -0.39 is 11.6 Å². The van der Waals surface area contributed by atoms with E-state index >= 15 is 0 Å². The van der Waals surface area contributed by atoms with Crippen molar-refractivity contribution in [3.05, 3.63) is 35.4 Å². The molecule has 0 unspecified atom stereocenters. The molecule has 2 nitrogen and oxygen atoms in total. The van der Waals surface area contributed by atoms with E-state index in [4.69, 9.17) is 0 Å². The highest BCUT2D eigenvalue weighted by Crippen LogP contribution is 2.28. The van der Waals surface area contributed by atoms with Gasteiger partial charge >= 0.3 is 0 Å². The number of halogens is 2. The number of carbonyl (C=O) groups excluding carboxylic acids is 1. The van der Waals surface area contributed by atoms with Gasteiger partial charge in [0.25, 0.3) is 0 Å². The molecule has 1 aromatic rings. The third-order valence-corrected chi connectivity index (χ3v) is 3.66. The Morgan fingerprint density at radius 1 is 1.37 bits per heavy atom. The van der Waals surface area contributed by atoms with Crippen LogP contribution in [-0.4, -0.2) is 30.3 Å². The number of carbonyl (C=O) groups is 1. The SMILES string of the molecule is CC1(C)CCN(CCC(=O)c2cccc(F)c2F)C1. The lowest BCUT2D eigenvalue weighted by molar-refractivity contribution is 0.0962. The Kier molecular flexibility index (Phi) is 3.99. The zero-order chi connectivity index (χ0) is 14.0. The molecule has 0 bridgehead atoms. The van der Waals surface area contributed by atoms with Crippen LogP contribution in [-0.2, 0) is 0 Å². The van der Waals surface area contributed by atoms with E-state index in [1.807, 2.05) is 0 Å². The predicted octanol–water partition coefficient (Wildman–Crippen LogP) is 3.27. The normalized spacial score (nSPS) is 18.7. The van der Waals surface area contributed by atoms with Crippen molar-refractivity contribution in [2.45, 2.75) is 26.7 Å². The average Bonchev–Trinajstić information content (AvgIpc) is 2.69. The fourth-order valence-corrected chi connectivity index (χ4v) is 2.53. The molecule has 0 radical (unpaired) electrons. The molecule has 1 heterocycles. The molecule has 0 saturated carbocycles. The van der Waals surface area contributed by atoms with Gasteiger partial charge in [0, 0.05) is 19.5 Å². The maximum Gasteiger partial charge on any atom is 0.169 e. The van der Waals surface area contributed by atoms with Gasteiger partial charge in [-0.25, -0.2) is 8.78 Å². The Bertz CT molecular complexity index is 485. The van der Waals surface area contributed by atoms with E-state index in [2.05, 4.69) is 18.7 Å². The minimum atomic E-state index is -1.03. The monoisotopic (exact) mass is 267 g/mol. The summed E-state index contributed by atoms with van der Waals surface area (Å²) < 4.78 is 26.5. The van der Waals surface area contributed by atoms with Gasteiger partial charge in [-0.05, 0) is 30.5 Å². The van der Waals surface area contributed by atoms with Crippen molar-refractivity contribution in [3.63, 3.8) is 0 Å². The number of likely N-dealkylation sites (tertiary alicyclic amines) is 1. The summed E-state index contributed by atoms with van der Waals surface area (Å²) >= 11 is 0. The first-order chi connectivity index (χ1) is 8.89. The first-order valence-corrected chi connectivity index (χ1v) is 6.59. The predicted molar refractivity (Wildman–Crippen MR) is 70.1 cm³/mol. The molecule has 0 amide bonds. The Morgan fingerprint density at radius 2 is 2.11 bits per heavy atom. The zero-order valence-corrected chi connectivity index (χ0v) is 11.4. The van der Waals surface area contributed by atoms with Gasteiger partial charge in [-0.3, -0.25) is 4.79 Å². The van der Waals surface area contributed by atoms with Gasteiger partial charge in [-0.2, -0.15) is 0 Å². The second-order valence-corrected chi connectivity index (χ2v) is 5.96. The summed E-state index contributed by atoms with van der Waals surface area (Å²) in [6, 6.07) is 3.73. The van der Waals surface area contributed by atoms with Crippen LogP contribution in [0.1, 0.15) is 37.0 Å². The van der Waals surface area contributed by atoms with Gasteiger partial charge in [0.2, 0.25) is 0 Å². The van der Waals surface area contributed by atoms with Gasteiger partial charge in [0.15, 0.2) is 17.4 Å². The highest BCUT2D eigenvalue weighted by molar-refractivity contribution is 5.96. The molecule has 0 N–H and O–H groups in total. The van der Waals surface area contributed by atoms with Crippen LogP contribution in [0.3, 0.4) is 0 Å². The fraction of sp³-hybridized carbons (Fsp3) is 0.533. The summed E-state index contributed by atoms with van der Waals surface area (Å²) in [4.78, 5) is 14.1. The van der Waals surface area contributed by atoms with Crippen LogP contribution in [0.4, 0.5) is 8.78 Å². The summed E-state index contributed by atoms with van der Waals surface area (Å²) in [5.41, 5.74) is 0.145. The molecule has 1 saturated heterocycles. The molecule has 1 aromatic carbocycles. The summed E-state index contributed by atoms with van der Waals surface area (Å²) in [5.74, 6) is -2.33. The largest absolute Gasteiger partial charge is 0.302 e. The van der Waals surface area contributed by atoms with Crippen molar-refractivity contribution in [2.24, 2.45) is 5.41 Å². The van der Waals surface area contributed by atoms with Gasteiger partial charge < -0.3 is 4.90 Å². The lowest BCUT2D eigenvalue weighted by Crippen LogP contribution is -2.26. The Morgan fingerprint density at radius 3 is 2.74 bits per heavy atom. The van der Waals surface area contributed by atoms with Crippen LogP contribution in [0.25, 0.3) is 0 Å². The van der Waals surface area contributed by atoms with Crippen molar-refractivity contribution in [1.29, 1.82) is 0 Å². The van der Waals surface area contributed by atoms with Crippen molar-refractivity contribution >= 4 is 5.78 Å². The highest BCUT2D eigenvalue weighted by atomic mass is 19.2. The Hall–Kier alpha value is -1.29. The molecular formula is C15H19F2NO. The standard InChI is InChI=1S/C15H19F2NO/c1-15(2)7-9-18(10-15)8-6-13(19)11-4-3-5-12(16)14(11)17/h3-5H,6-10H2,1-2H3. The van der Waals surface area contributed by atoms with Crippen LogP contribution < -0.4 is 0 Å². The fourth-order valence-electron chi connectivity index (χ4n) is 2.53. The van der Waals surface area contributed by atoms with Gasteiger partial charge in [0.05, 0.1) is 5.56 Å². The van der Waals surface area contributed by atoms with Gasteiger partial charge in [-0.15, -0.1) is 0 Å². The molecule has 104 valence electrons. The molecule has 0 aliphatic carbocycles. The summed E-state index contributed by atoms with van der Waals surface area (Å²) in [5, 5.41) is 0. The van der Waals surface area contributed by atoms with Crippen LogP contribution in [0.5, 0.6) is 0 Å². The summed E-state index contributed by atoms with van der Waals surface area (Å²) in [6.45, 7) is 6.91. The molecule has 0 aromatic heterocycles. The molecule has 0 atom stereocenters. The maximum absolute atomic E-state index is 13.5. The van der Waals surface area contributed by atoms with E-state index in [1.54, 1.807) is 0 Å². The number of nitrogens with zero attached hydrogens (tertiary/aromatic N) is 1. The first kappa shape index (κ1) is 14.1. The molecular weight excluding hydrogens is 248 g/mol. The molecule has 1 fully saturated rings. The lowest BCUT2D eigenvalue weighted by Gasteiger charge is -2.19. The van der Waals surface area contributed by atoms with E-state index in [9.17, 15) is 13.6 Å². The third-order valence-electron chi connectivity index (χ3n) is 3.66. The van der Waals surface area contributed by atoms with E-state index in [1.165, 1.54) is 12.1 Å². The van der Waals surface area contributed by atoms with E-state index in [0.717, 1.165) is 25.6 Å². The van der Waals surface area contributed by atoms with Gasteiger partial charge in [-0.1, -0.05) is 19.9 Å². The van der Waals surface area contributed by atoms with Gasteiger partial charge in [0.1, 0.15) is 0 Å². The maximum atomic E-state index is 13.5. The lowest BCUT2D eigenvalue weighted by atomic mass is 9.93. The zero-order valence-electron chi connectivity index (χ0n) is 11.4. The van der Waals surface area contributed by atoms with Crippen molar-refractivity contribution in [3.8, 4) is 0 Å². The minimum Gasteiger partial charge on any atom is -0.302 e. The molecule has 2 rings (SSSR count).